The molecule has 2 nitrogen and oxygen atoms in total. The number of benzene rings is 1. The molecular weight excluding hydrogens is 198 g/mol. The van der Waals surface area contributed by atoms with Crippen LogP contribution in [0.1, 0.15) is 32.3 Å². The number of rotatable bonds is 1. The number of nitrogens with zero attached hydrogens (tertiary/aromatic N) is 1. The normalized spacial score (nSPS) is 19.9. The Kier molecular flexibility index (Phi) is 2.75. The standard InChI is InChI=1S/C14H19NO/c1-11-6-4-5-7-12(11)15-10-14(2,3)9-8-13(15)16/h4-7H,8-10H2,1-3H3. The Morgan fingerprint density at radius 3 is 2.62 bits per heavy atom. The van der Waals surface area contributed by atoms with Gasteiger partial charge in [0.25, 0.3) is 0 Å². The van der Waals surface area contributed by atoms with Crippen molar-refractivity contribution in [1.29, 1.82) is 0 Å². The topological polar surface area (TPSA) is 20.3 Å². The van der Waals surface area contributed by atoms with Crippen LogP contribution in [-0.2, 0) is 4.79 Å². The number of carbonyl (C=O) groups is 1. The first-order valence-corrected chi connectivity index (χ1v) is 5.86. The minimum atomic E-state index is 0.232. The van der Waals surface area contributed by atoms with E-state index in [1.165, 1.54) is 5.56 Å². The van der Waals surface area contributed by atoms with Crippen molar-refractivity contribution >= 4 is 11.6 Å². The van der Waals surface area contributed by atoms with Crippen LogP contribution in [0.4, 0.5) is 5.69 Å². The minimum absolute atomic E-state index is 0.232. The second-order valence-corrected chi connectivity index (χ2v) is 5.43. The molecule has 1 saturated heterocycles. The number of amides is 1. The van der Waals surface area contributed by atoms with E-state index in [4.69, 9.17) is 0 Å². The molecule has 1 amide bonds. The van der Waals surface area contributed by atoms with Gasteiger partial charge < -0.3 is 4.90 Å². The van der Waals surface area contributed by atoms with Gasteiger partial charge in [-0.25, -0.2) is 0 Å². The van der Waals surface area contributed by atoms with Crippen LogP contribution < -0.4 is 4.90 Å². The largest absolute Gasteiger partial charge is 0.312 e. The fourth-order valence-corrected chi connectivity index (χ4v) is 2.26. The van der Waals surface area contributed by atoms with Gasteiger partial charge in [0.2, 0.25) is 5.91 Å². The Balaban J connectivity index is 2.32. The van der Waals surface area contributed by atoms with Crippen LogP contribution in [0, 0.1) is 12.3 Å². The van der Waals surface area contributed by atoms with Gasteiger partial charge in [-0.15, -0.1) is 0 Å². The van der Waals surface area contributed by atoms with Crippen LogP contribution in [0.2, 0.25) is 0 Å². The predicted molar refractivity (Wildman–Crippen MR) is 66.5 cm³/mol. The third kappa shape index (κ3) is 2.11. The lowest BCUT2D eigenvalue weighted by atomic mass is 9.83. The fraction of sp³-hybridized carbons (Fsp3) is 0.500. The molecule has 0 unspecified atom stereocenters. The number of para-hydroxylation sites is 1. The molecule has 16 heavy (non-hydrogen) atoms. The van der Waals surface area contributed by atoms with Crippen molar-refractivity contribution in [3.8, 4) is 0 Å². The zero-order valence-electron chi connectivity index (χ0n) is 10.3. The molecule has 1 aliphatic rings. The third-order valence-corrected chi connectivity index (χ3v) is 3.31. The molecule has 0 radical (unpaired) electrons. The van der Waals surface area contributed by atoms with E-state index in [0.717, 1.165) is 18.7 Å². The highest BCUT2D eigenvalue weighted by Crippen LogP contribution is 2.33. The Labute approximate surface area is 97.3 Å². The van der Waals surface area contributed by atoms with Gasteiger partial charge in [-0.3, -0.25) is 4.79 Å². The fourth-order valence-electron chi connectivity index (χ4n) is 2.26. The maximum Gasteiger partial charge on any atom is 0.227 e. The molecule has 0 atom stereocenters. The first kappa shape index (κ1) is 11.2. The Bertz CT molecular complexity index is 409. The average Bonchev–Trinajstić information content (AvgIpc) is 2.23. The number of piperidine rings is 1. The van der Waals surface area contributed by atoms with E-state index in [2.05, 4.69) is 26.8 Å². The van der Waals surface area contributed by atoms with Crippen molar-refractivity contribution in [2.45, 2.75) is 33.6 Å². The van der Waals surface area contributed by atoms with Crippen molar-refractivity contribution < 1.29 is 4.79 Å². The lowest BCUT2D eigenvalue weighted by Crippen LogP contribution is -2.44. The van der Waals surface area contributed by atoms with Gasteiger partial charge in [-0.2, -0.15) is 0 Å². The number of carbonyl (C=O) groups excluding carboxylic acids is 1. The molecule has 0 N–H and O–H groups in total. The van der Waals surface area contributed by atoms with Crippen LogP contribution >= 0.6 is 0 Å². The van der Waals surface area contributed by atoms with Crippen molar-refractivity contribution in [2.75, 3.05) is 11.4 Å². The van der Waals surface area contributed by atoms with Gasteiger partial charge in [-0.05, 0) is 30.4 Å². The molecule has 86 valence electrons. The highest BCUT2D eigenvalue weighted by molar-refractivity contribution is 5.95. The summed E-state index contributed by atoms with van der Waals surface area (Å²) in [5.41, 5.74) is 2.48. The summed E-state index contributed by atoms with van der Waals surface area (Å²) < 4.78 is 0. The lowest BCUT2D eigenvalue weighted by molar-refractivity contribution is -0.120. The molecule has 0 bridgehead atoms. The first-order valence-electron chi connectivity index (χ1n) is 5.86. The average molecular weight is 217 g/mol. The van der Waals surface area contributed by atoms with Crippen molar-refractivity contribution in [3.63, 3.8) is 0 Å². The monoisotopic (exact) mass is 217 g/mol. The smallest absolute Gasteiger partial charge is 0.227 e. The molecule has 1 aromatic carbocycles. The molecule has 2 rings (SSSR count). The van der Waals surface area contributed by atoms with Crippen molar-refractivity contribution in [2.24, 2.45) is 5.41 Å². The predicted octanol–water partition coefficient (Wildman–Crippen LogP) is 3.15. The van der Waals surface area contributed by atoms with Crippen LogP contribution in [0.25, 0.3) is 0 Å². The van der Waals surface area contributed by atoms with Crippen LogP contribution in [0.15, 0.2) is 24.3 Å². The summed E-state index contributed by atoms with van der Waals surface area (Å²) in [6.45, 7) is 7.34. The van der Waals surface area contributed by atoms with Gasteiger partial charge in [0.05, 0.1) is 0 Å². The number of hydrogen-bond acceptors (Lipinski definition) is 1. The van der Waals surface area contributed by atoms with E-state index in [1.807, 2.05) is 23.1 Å². The Morgan fingerprint density at radius 2 is 1.94 bits per heavy atom. The van der Waals surface area contributed by atoms with Crippen molar-refractivity contribution in [3.05, 3.63) is 29.8 Å². The van der Waals surface area contributed by atoms with Gasteiger partial charge >= 0.3 is 0 Å². The summed E-state index contributed by atoms with van der Waals surface area (Å²) in [6.07, 6.45) is 1.66. The second kappa shape index (κ2) is 3.93. The summed E-state index contributed by atoms with van der Waals surface area (Å²) >= 11 is 0. The van der Waals surface area contributed by atoms with E-state index in [9.17, 15) is 4.79 Å². The third-order valence-electron chi connectivity index (χ3n) is 3.31. The summed E-state index contributed by atoms with van der Waals surface area (Å²) in [7, 11) is 0. The highest BCUT2D eigenvalue weighted by atomic mass is 16.2. The maximum absolute atomic E-state index is 12.0. The molecule has 0 spiro atoms. The quantitative estimate of drug-likeness (QED) is 0.707. The Hall–Kier alpha value is -1.31. The van der Waals surface area contributed by atoms with E-state index in [1.54, 1.807) is 0 Å². The van der Waals surface area contributed by atoms with E-state index in [-0.39, 0.29) is 11.3 Å². The second-order valence-electron chi connectivity index (χ2n) is 5.43. The van der Waals surface area contributed by atoms with E-state index in [0.29, 0.717) is 6.42 Å². The van der Waals surface area contributed by atoms with Crippen LogP contribution in [0.5, 0.6) is 0 Å². The SMILES string of the molecule is Cc1ccccc1N1CC(C)(C)CCC1=O. The minimum Gasteiger partial charge on any atom is -0.312 e. The number of aryl methyl sites for hydroxylation is 1. The molecule has 0 aromatic heterocycles. The number of hydrogen-bond donors (Lipinski definition) is 0. The molecule has 1 aliphatic heterocycles. The maximum atomic E-state index is 12.0. The summed E-state index contributed by atoms with van der Waals surface area (Å²) in [4.78, 5) is 13.9. The summed E-state index contributed by atoms with van der Waals surface area (Å²) in [5, 5.41) is 0. The Morgan fingerprint density at radius 1 is 1.25 bits per heavy atom. The van der Waals surface area contributed by atoms with Crippen LogP contribution in [-0.4, -0.2) is 12.5 Å². The van der Waals surface area contributed by atoms with E-state index < -0.39 is 0 Å². The van der Waals surface area contributed by atoms with Gasteiger partial charge in [0.1, 0.15) is 0 Å². The van der Waals surface area contributed by atoms with Crippen molar-refractivity contribution in [1.82, 2.24) is 0 Å². The number of anilines is 1. The highest BCUT2D eigenvalue weighted by Gasteiger charge is 2.32. The van der Waals surface area contributed by atoms with Gasteiger partial charge in [-0.1, -0.05) is 32.0 Å². The molecule has 1 heterocycles. The molecular formula is C14H19NO. The zero-order valence-corrected chi connectivity index (χ0v) is 10.3. The van der Waals surface area contributed by atoms with E-state index >= 15 is 0 Å². The lowest BCUT2D eigenvalue weighted by Gasteiger charge is -2.38. The summed E-state index contributed by atoms with van der Waals surface area (Å²) in [5.74, 6) is 0.258. The molecule has 0 aliphatic carbocycles. The van der Waals surface area contributed by atoms with Crippen LogP contribution in [0.3, 0.4) is 0 Å². The van der Waals surface area contributed by atoms with Gasteiger partial charge in [0.15, 0.2) is 0 Å². The van der Waals surface area contributed by atoms with Gasteiger partial charge in [0, 0.05) is 18.7 Å². The zero-order chi connectivity index (χ0) is 11.8. The molecule has 1 fully saturated rings. The molecule has 0 saturated carbocycles. The molecule has 1 aromatic rings. The first-order chi connectivity index (χ1) is 7.49. The summed E-state index contributed by atoms with van der Waals surface area (Å²) in [6, 6.07) is 8.11. The molecule has 2 heteroatoms.